The van der Waals surface area contributed by atoms with Crippen molar-refractivity contribution in [3.8, 4) is 0 Å². The number of ether oxygens (including phenoxy) is 1. The number of hydrogen-bond acceptors (Lipinski definition) is 7. The summed E-state index contributed by atoms with van der Waals surface area (Å²) in [5.41, 5.74) is 2.71. The fraction of sp³-hybridized carbons (Fsp3) is 0.389. The van der Waals surface area contributed by atoms with Crippen LogP contribution in [0.1, 0.15) is 29.5 Å². The van der Waals surface area contributed by atoms with Crippen molar-refractivity contribution in [3.05, 3.63) is 40.8 Å². The Balaban J connectivity index is 1.93. The van der Waals surface area contributed by atoms with Crippen LogP contribution in [0.5, 0.6) is 0 Å². The van der Waals surface area contributed by atoms with Crippen LogP contribution in [-0.2, 0) is 24.3 Å². The van der Waals surface area contributed by atoms with E-state index in [-0.39, 0.29) is 16.3 Å². The van der Waals surface area contributed by atoms with Crippen molar-refractivity contribution in [2.45, 2.75) is 45.6 Å². The third-order valence-electron chi connectivity index (χ3n) is 4.15. The number of benzene rings is 1. The molecular formula is C18H23N3O6S. The molecule has 0 aliphatic carbocycles. The van der Waals surface area contributed by atoms with Crippen LogP contribution in [0.2, 0.25) is 0 Å². The van der Waals surface area contributed by atoms with Crippen molar-refractivity contribution < 1.29 is 27.3 Å². The molecule has 0 bridgehead atoms. The van der Waals surface area contributed by atoms with Crippen LogP contribution in [0, 0.1) is 27.7 Å². The molecule has 0 fully saturated rings. The highest BCUT2D eigenvalue weighted by Gasteiger charge is 2.29. The Bertz CT molecular complexity index is 977. The number of rotatable bonds is 7. The van der Waals surface area contributed by atoms with Crippen LogP contribution >= 0.6 is 0 Å². The third-order valence-corrected chi connectivity index (χ3v) is 5.93. The van der Waals surface area contributed by atoms with Crippen LogP contribution in [0.3, 0.4) is 0 Å². The number of aromatic nitrogens is 1. The lowest BCUT2D eigenvalue weighted by atomic mass is 10.1. The molecule has 0 saturated heterocycles. The average molecular weight is 409 g/mol. The molecule has 0 radical (unpaired) electrons. The second-order valence-corrected chi connectivity index (χ2v) is 8.05. The first-order chi connectivity index (χ1) is 13.0. The van der Waals surface area contributed by atoms with Gasteiger partial charge in [-0.3, -0.25) is 9.59 Å². The highest BCUT2D eigenvalue weighted by molar-refractivity contribution is 7.89. The number of nitrogens with one attached hydrogen (secondary N) is 2. The maximum atomic E-state index is 12.4. The number of amides is 1. The Morgan fingerprint density at radius 2 is 1.89 bits per heavy atom. The van der Waals surface area contributed by atoms with Gasteiger partial charge in [-0.15, -0.1) is 0 Å². The van der Waals surface area contributed by atoms with E-state index < -0.39 is 34.5 Å². The van der Waals surface area contributed by atoms with Gasteiger partial charge in [0, 0.05) is 5.69 Å². The Morgan fingerprint density at radius 1 is 1.21 bits per heavy atom. The molecule has 0 aliphatic rings. The van der Waals surface area contributed by atoms with Gasteiger partial charge in [-0.05, 0) is 51.8 Å². The number of hydrogen-bond donors (Lipinski definition) is 2. The molecule has 0 saturated carbocycles. The van der Waals surface area contributed by atoms with Crippen molar-refractivity contribution >= 4 is 27.6 Å². The van der Waals surface area contributed by atoms with Crippen molar-refractivity contribution in [2.75, 3.05) is 11.9 Å². The standard InChI is InChI=1S/C18H23N3O6S/c1-10-7-6-8-15(11(10)2)19-16(22)9-26-18(23)13(4)21-28(24,25)17-12(3)20-27-14(17)5/h6-8,13,21H,9H2,1-5H3,(H,19,22)/t13-/m0/s1. The normalized spacial score (nSPS) is 12.5. The van der Waals surface area contributed by atoms with Gasteiger partial charge in [0.2, 0.25) is 10.0 Å². The molecular weight excluding hydrogens is 386 g/mol. The lowest BCUT2D eigenvalue weighted by molar-refractivity contribution is -0.148. The van der Waals surface area contributed by atoms with Gasteiger partial charge in [0.15, 0.2) is 12.4 Å². The zero-order valence-electron chi connectivity index (χ0n) is 16.3. The molecule has 2 N–H and O–H groups in total. The van der Waals surface area contributed by atoms with Crippen molar-refractivity contribution in [3.63, 3.8) is 0 Å². The lowest BCUT2D eigenvalue weighted by Gasteiger charge is -2.14. The first-order valence-electron chi connectivity index (χ1n) is 8.51. The van der Waals surface area contributed by atoms with Crippen molar-refractivity contribution in [1.29, 1.82) is 0 Å². The highest BCUT2D eigenvalue weighted by Crippen LogP contribution is 2.19. The molecule has 1 amide bonds. The summed E-state index contributed by atoms with van der Waals surface area (Å²) in [7, 11) is -4.03. The second-order valence-electron chi connectivity index (χ2n) is 6.40. The minimum atomic E-state index is -4.03. The van der Waals surface area contributed by atoms with Crippen LogP contribution < -0.4 is 10.0 Å². The van der Waals surface area contributed by atoms with Crippen LogP contribution in [0.4, 0.5) is 5.69 Å². The van der Waals surface area contributed by atoms with Crippen LogP contribution in [0.25, 0.3) is 0 Å². The molecule has 0 unspecified atom stereocenters. The Labute approximate surface area is 163 Å². The number of carbonyl (C=O) groups excluding carboxylic acids is 2. The summed E-state index contributed by atoms with van der Waals surface area (Å²) in [6.45, 7) is 7.49. The van der Waals surface area contributed by atoms with Gasteiger partial charge in [0.05, 0.1) is 0 Å². The zero-order valence-corrected chi connectivity index (χ0v) is 17.1. The summed E-state index contributed by atoms with van der Waals surface area (Å²) in [4.78, 5) is 24.0. The molecule has 0 spiro atoms. The van der Waals surface area contributed by atoms with Gasteiger partial charge >= 0.3 is 5.97 Å². The summed E-state index contributed by atoms with van der Waals surface area (Å²) in [5, 5.41) is 6.24. The molecule has 2 aromatic rings. The van der Waals surface area contributed by atoms with Gasteiger partial charge in [0.1, 0.15) is 16.6 Å². The van der Waals surface area contributed by atoms with E-state index in [9.17, 15) is 18.0 Å². The first-order valence-corrected chi connectivity index (χ1v) is 9.99. The maximum absolute atomic E-state index is 12.4. The molecule has 0 aliphatic heterocycles. The molecule has 1 heterocycles. The van der Waals surface area contributed by atoms with E-state index in [2.05, 4.69) is 15.2 Å². The van der Waals surface area contributed by atoms with Gasteiger partial charge < -0.3 is 14.6 Å². The summed E-state index contributed by atoms with van der Waals surface area (Å²) < 4.78 is 36.8. The van der Waals surface area contributed by atoms with Crippen molar-refractivity contribution in [1.82, 2.24) is 9.88 Å². The molecule has 28 heavy (non-hydrogen) atoms. The van der Waals surface area contributed by atoms with Gasteiger partial charge in [-0.1, -0.05) is 17.3 Å². The van der Waals surface area contributed by atoms with E-state index >= 15 is 0 Å². The minimum absolute atomic E-state index is 0.110. The highest BCUT2D eigenvalue weighted by atomic mass is 32.2. The van der Waals surface area contributed by atoms with E-state index in [1.807, 2.05) is 19.9 Å². The lowest BCUT2D eigenvalue weighted by Crippen LogP contribution is -2.40. The van der Waals surface area contributed by atoms with E-state index in [1.54, 1.807) is 12.1 Å². The summed E-state index contributed by atoms with van der Waals surface area (Å²) >= 11 is 0. The molecule has 9 nitrogen and oxygen atoms in total. The second kappa shape index (κ2) is 8.53. The fourth-order valence-electron chi connectivity index (χ4n) is 2.53. The number of carbonyl (C=O) groups is 2. The predicted octanol–water partition coefficient (Wildman–Crippen LogP) is 1.76. The Hall–Kier alpha value is -2.72. The van der Waals surface area contributed by atoms with E-state index in [0.29, 0.717) is 5.69 Å². The van der Waals surface area contributed by atoms with Crippen molar-refractivity contribution in [2.24, 2.45) is 0 Å². The zero-order chi connectivity index (χ0) is 21.1. The van der Waals surface area contributed by atoms with E-state index in [1.165, 1.54) is 20.8 Å². The van der Waals surface area contributed by atoms with E-state index in [4.69, 9.17) is 9.26 Å². The molecule has 1 aromatic heterocycles. The molecule has 152 valence electrons. The van der Waals surface area contributed by atoms with E-state index in [0.717, 1.165) is 11.1 Å². The first kappa shape index (κ1) is 21.6. The number of esters is 1. The summed E-state index contributed by atoms with van der Waals surface area (Å²) in [6, 6.07) is 4.25. The SMILES string of the molecule is Cc1cccc(NC(=O)COC(=O)[C@H](C)NS(=O)(=O)c2c(C)noc2C)c1C. The predicted molar refractivity (Wildman–Crippen MR) is 101 cm³/mol. The molecule has 1 aromatic carbocycles. The quantitative estimate of drug-likeness (QED) is 0.667. The average Bonchev–Trinajstić information content (AvgIpc) is 2.95. The number of aryl methyl sites for hydroxylation is 3. The van der Waals surface area contributed by atoms with Gasteiger partial charge in [0.25, 0.3) is 5.91 Å². The summed E-state index contributed by atoms with van der Waals surface area (Å²) in [5.74, 6) is -1.30. The van der Waals surface area contributed by atoms with Gasteiger partial charge in [-0.2, -0.15) is 4.72 Å². The Morgan fingerprint density at radius 3 is 2.50 bits per heavy atom. The minimum Gasteiger partial charge on any atom is -0.454 e. The monoisotopic (exact) mass is 409 g/mol. The fourth-order valence-corrected chi connectivity index (χ4v) is 4.05. The molecule has 10 heteroatoms. The number of nitrogens with zero attached hydrogens (tertiary/aromatic N) is 1. The topological polar surface area (TPSA) is 128 Å². The van der Waals surface area contributed by atoms with Crippen LogP contribution in [0.15, 0.2) is 27.6 Å². The maximum Gasteiger partial charge on any atom is 0.324 e. The molecule has 2 rings (SSSR count). The Kier molecular flexibility index (Phi) is 6.57. The number of anilines is 1. The largest absolute Gasteiger partial charge is 0.454 e. The van der Waals surface area contributed by atoms with Crippen LogP contribution in [-0.4, -0.2) is 38.1 Å². The van der Waals surface area contributed by atoms with Gasteiger partial charge in [-0.25, -0.2) is 8.42 Å². The number of sulfonamides is 1. The summed E-state index contributed by atoms with van der Waals surface area (Å²) in [6.07, 6.45) is 0. The third kappa shape index (κ3) is 4.96. The molecule has 1 atom stereocenters. The smallest absolute Gasteiger partial charge is 0.324 e.